The van der Waals surface area contributed by atoms with Gasteiger partial charge in [0.15, 0.2) is 5.75 Å². The van der Waals surface area contributed by atoms with Crippen molar-refractivity contribution in [2.45, 2.75) is 0 Å². The van der Waals surface area contributed by atoms with Gasteiger partial charge in [-0.15, -0.1) is 0 Å². The molecule has 1 aromatic rings. The smallest absolute Gasteiger partial charge is 0.151 e. The average molecular weight is 203 g/mol. The molecule has 3 nitrogen and oxygen atoms in total. The first-order valence-corrected chi connectivity index (χ1v) is 3.48. The number of hydrogen-bond donors (Lipinski definition) is 1. The number of anilines is 1. The largest absolute Gasteiger partial charge is 0.494 e. The van der Waals surface area contributed by atoms with Crippen LogP contribution in [0.1, 0.15) is 0 Å². The molecule has 0 aromatic carbocycles. The molecule has 0 saturated carbocycles. The topological polar surface area (TPSA) is 48.1 Å². The third kappa shape index (κ3) is 1.39. The van der Waals surface area contributed by atoms with Crippen LogP contribution in [-0.2, 0) is 0 Å². The zero-order valence-corrected chi connectivity index (χ0v) is 7.05. The van der Waals surface area contributed by atoms with Crippen molar-refractivity contribution in [3.63, 3.8) is 0 Å². The van der Waals surface area contributed by atoms with Crippen LogP contribution in [0.15, 0.2) is 16.7 Å². The summed E-state index contributed by atoms with van der Waals surface area (Å²) in [6, 6.07) is 1.69. The van der Waals surface area contributed by atoms with Gasteiger partial charge in [0.25, 0.3) is 0 Å². The standard InChI is InChI=1S/C6H7BrN2O/c1-10-5-3-9-6(8)2-4(5)7/h2-3H,1H3,(H2,8,9). The SMILES string of the molecule is COc1cnc(N)cc1Br. The Labute approximate surface area is 67.3 Å². The van der Waals surface area contributed by atoms with Crippen molar-refractivity contribution >= 4 is 21.7 Å². The van der Waals surface area contributed by atoms with E-state index in [4.69, 9.17) is 10.5 Å². The number of nitrogens with zero attached hydrogens (tertiary/aromatic N) is 1. The zero-order chi connectivity index (χ0) is 7.56. The summed E-state index contributed by atoms with van der Waals surface area (Å²) in [6.07, 6.45) is 1.57. The molecule has 1 aromatic heterocycles. The van der Waals surface area contributed by atoms with Gasteiger partial charge in [-0.2, -0.15) is 0 Å². The first-order chi connectivity index (χ1) is 4.74. The Hall–Kier alpha value is -0.770. The minimum atomic E-state index is 0.479. The van der Waals surface area contributed by atoms with Crippen LogP contribution in [0.2, 0.25) is 0 Å². The van der Waals surface area contributed by atoms with Gasteiger partial charge in [-0.25, -0.2) is 4.98 Å². The molecule has 0 saturated heterocycles. The molecule has 4 heteroatoms. The van der Waals surface area contributed by atoms with E-state index in [2.05, 4.69) is 20.9 Å². The van der Waals surface area contributed by atoms with Crippen LogP contribution in [0, 0.1) is 0 Å². The van der Waals surface area contributed by atoms with Gasteiger partial charge in [-0.1, -0.05) is 0 Å². The second-order valence-electron chi connectivity index (χ2n) is 1.74. The number of nitrogen functional groups attached to an aromatic ring is 1. The minimum absolute atomic E-state index is 0.479. The van der Waals surface area contributed by atoms with Crippen molar-refractivity contribution < 1.29 is 4.74 Å². The maximum Gasteiger partial charge on any atom is 0.151 e. The molecule has 0 spiro atoms. The number of pyridine rings is 1. The van der Waals surface area contributed by atoms with E-state index in [-0.39, 0.29) is 0 Å². The number of ether oxygens (including phenoxy) is 1. The Morgan fingerprint density at radius 1 is 1.70 bits per heavy atom. The molecule has 54 valence electrons. The Kier molecular flexibility index (Phi) is 2.11. The molecule has 0 aliphatic carbocycles. The minimum Gasteiger partial charge on any atom is -0.494 e. The number of aromatic nitrogens is 1. The van der Waals surface area contributed by atoms with Gasteiger partial charge in [0, 0.05) is 0 Å². The zero-order valence-electron chi connectivity index (χ0n) is 5.47. The van der Waals surface area contributed by atoms with Crippen molar-refractivity contribution in [3.8, 4) is 5.75 Å². The molecule has 0 fully saturated rings. The Balaban J connectivity index is 3.07. The summed E-state index contributed by atoms with van der Waals surface area (Å²) in [6.45, 7) is 0. The lowest BCUT2D eigenvalue weighted by atomic mass is 10.4. The lowest BCUT2D eigenvalue weighted by Crippen LogP contribution is -1.91. The number of methoxy groups -OCH3 is 1. The third-order valence-electron chi connectivity index (χ3n) is 1.06. The Morgan fingerprint density at radius 3 is 2.90 bits per heavy atom. The van der Waals surface area contributed by atoms with E-state index >= 15 is 0 Å². The Morgan fingerprint density at radius 2 is 2.40 bits per heavy atom. The normalized spacial score (nSPS) is 9.40. The number of halogens is 1. The molecule has 10 heavy (non-hydrogen) atoms. The number of hydrogen-bond acceptors (Lipinski definition) is 3. The molecule has 0 atom stereocenters. The fraction of sp³-hybridized carbons (Fsp3) is 0.167. The highest BCUT2D eigenvalue weighted by molar-refractivity contribution is 9.10. The van der Waals surface area contributed by atoms with E-state index in [1.54, 1.807) is 19.4 Å². The molecule has 0 amide bonds. The van der Waals surface area contributed by atoms with Crippen molar-refractivity contribution in [3.05, 3.63) is 16.7 Å². The van der Waals surface area contributed by atoms with Gasteiger partial charge in [0.05, 0.1) is 17.8 Å². The molecule has 0 aliphatic heterocycles. The second kappa shape index (κ2) is 2.88. The highest BCUT2D eigenvalue weighted by atomic mass is 79.9. The van der Waals surface area contributed by atoms with Crippen LogP contribution in [0.5, 0.6) is 5.75 Å². The van der Waals surface area contributed by atoms with Crippen LogP contribution in [0.4, 0.5) is 5.82 Å². The van der Waals surface area contributed by atoms with Crippen molar-refractivity contribution in [2.75, 3.05) is 12.8 Å². The molecule has 1 rings (SSSR count). The molecule has 0 radical (unpaired) electrons. The molecule has 2 N–H and O–H groups in total. The predicted molar refractivity (Wildman–Crippen MR) is 42.9 cm³/mol. The van der Waals surface area contributed by atoms with Crippen molar-refractivity contribution in [1.82, 2.24) is 4.98 Å². The summed E-state index contributed by atoms with van der Waals surface area (Å²) >= 11 is 3.26. The summed E-state index contributed by atoms with van der Waals surface area (Å²) in [5.74, 6) is 1.17. The van der Waals surface area contributed by atoms with Crippen molar-refractivity contribution in [2.24, 2.45) is 0 Å². The van der Waals surface area contributed by atoms with E-state index in [1.807, 2.05) is 0 Å². The fourth-order valence-electron chi connectivity index (χ4n) is 0.583. The number of rotatable bonds is 1. The van der Waals surface area contributed by atoms with Crippen LogP contribution < -0.4 is 10.5 Å². The van der Waals surface area contributed by atoms with Gasteiger partial charge in [0.1, 0.15) is 5.82 Å². The van der Waals surface area contributed by atoms with Crippen molar-refractivity contribution in [1.29, 1.82) is 0 Å². The van der Waals surface area contributed by atoms with Crippen LogP contribution in [0.3, 0.4) is 0 Å². The predicted octanol–water partition coefficient (Wildman–Crippen LogP) is 1.43. The first-order valence-electron chi connectivity index (χ1n) is 2.69. The lowest BCUT2D eigenvalue weighted by Gasteiger charge is -2.01. The first kappa shape index (κ1) is 7.34. The summed E-state index contributed by atoms with van der Waals surface area (Å²) in [5.41, 5.74) is 5.39. The van der Waals surface area contributed by atoms with E-state index < -0.39 is 0 Å². The maximum absolute atomic E-state index is 5.39. The monoisotopic (exact) mass is 202 g/mol. The maximum atomic E-state index is 5.39. The van der Waals surface area contributed by atoms with Crippen LogP contribution in [-0.4, -0.2) is 12.1 Å². The van der Waals surface area contributed by atoms with Crippen LogP contribution in [0.25, 0.3) is 0 Å². The molecule has 0 aliphatic rings. The lowest BCUT2D eigenvalue weighted by molar-refractivity contribution is 0.410. The van der Waals surface area contributed by atoms with E-state index in [1.165, 1.54) is 0 Å². The Bertz CT molecular complexity index is 239. The van der Waals surface area contributed by atoms with E-state index in [0.717, 1.165) is 4.47 Å². The second-order valence-corrected chi connectivity index (χ2v) is 2.60. The summed E-state index contributed by atoms with van der Waals surface area (Å²) in [4.78, 5) is 3.83. The van der Waals surface area contributed by atoms with Crippen LogP contribution >= 0.6 is 15.9 Å². The van der Waals surface area contributed by atoms with E-state index in [9.17, 15) is 0 Å². The van der Waals surface area contributed by atoms with E-state index in [0.29, 0.717) is 11.6 Å². The summed E-state index contributed by atoms with van der Waals surface area (Å²) in [5, 5.41) is 0. The van der Waals surface area contributed by atoms with Gasteiger partial charge in [0.2, 0.25) is 0 Å². The van der Waals surface area contributed by atoms with Gasteiger partial charge in [-0.3, -0.25) is 0 Å². The summed E-state index contributed by atoms with van der Waals surface area (Å²) < 4.78 is 5.76. The highest BCUT2D eigenvalue weighted by Gasteiger charge is 1.98. The molecule has 1 heterocycles. The molecule has 0 unspecified atom stereocenters. The fourth-order valence-corrected chi connectivity index (χ4v) is 1.08. The van der Waals surface area contributed by atoms with Gasteiger partial charge in [-0.05, 0) is 22.0 Å². The molecule has 0 bridgehead atoms. The average Bonchev–Trinajstić information content (AvgIpc) is 1.88. The highest BCUT2D eigenvalue weighted by Crippen LogP contribution is 2.24. The third-order valence-corrected chi connectivity index (χ3v) is 1.68. The van der Waals surface area contributed by atoms with Gasteiger partial charge < -0.3 is 10.5 Å². The quantitative estimate of drug-likeness (QED) is 0.750. The molecular formula is C6H7BrN2O. The molecular weight excluding hydrogens is 196 g/mol. The summed E-state index contributed by atoms with van der Waals surface area (Å²) in [7, 11) is 1.58. The number of nitrogens with two attached hydrogens (primary N) is 1. The van der Waals surface area contributed by atoms with Gasteiger partial charge >= 0.3 is 0 Å².